The lowest BCUT2D eigenvalue weighted by molar-refractivity contribution is 0.793. The molecule has 0 fully saturated rings. The molecule has 0 bridgehead atoms. The van der Waals surface area contributed by atoms with Crippen LogP contribution in [0.4, 0.5) is 0 Å². The molecule has 0 heterocycles. The molecule has 1 heteroatoms. The highest BCUT2D eigenvalue weighted by Crippen LogP contribution is 2.04. The topological polar surface area (TPSA) is 26.0 Å². The van der Waals surface area contributed by atoms with Crippen molar-refractivity contribution in [1.82, 2.24) is 0 Å². The summed E-state index contributed by atoms with van der Waals surface area (Å²) in [5, 5.41) is 0. The van der Waals surface area contributed by atoms with Crippen molar-refractivity contribution in [3.05, 3.63) is 24.8 Å². The summed E-state index contributed by atoms with van der Waals surface area (Å²) in [4.78, 5) is 0. The third-order valence-electron chi connectivity index (χ3n) is 1.31. The first-order valence-electron chi connectivity index (χ1n) is 3.22. The molecule has 1 nitrogen and oxygen atoms in total. The molecule has 1 atom stereocenters. The van der Waals surface area contributed by atoms with Gasteiger partial charge in [0.15, 0.2) is 0 Å². The first kappa shape index (κ1) is 8.44. The molecule has 0 aliphatic rings. The van der Waals surface area contributed by atoms with E-state index in [0.717, 1.165) is 18.4 Å². The van der Waals surface area contributed by atoms with Gasteiger partial charge in [-0.25, -0.2) is 0 Å². The fraction of sp³-hybridized carbons (Fsp3) is 0.500. The number of allylic oxidation sites excluding steroid dienone is 1. The van der Waals surface area contributed by atoms with Gasteiger partial charge in [-0.15, -0.1) is 6.58 Å². The monoisotopic (exact) mass is 125 g/mol. The molecule has 0 rings (SSSR count). The van der Waals surface area contributed by atoms with Crippen molar-refractivity contribution in [3.63, 3.8) is 0 Å². The highest BCUT2D eigenvalue weighted by molar-refractivity contribution is 5.02. The highest BCUT2D eigenvalue weighted by Gasteiger charge is 1.96. The highest BCUT2D eigenvalue weighted by atomic mass is 14.6. The normalized spacial score (nSPS) is 12.7. The Morgan fingerprint density at radius 2 is 2.33 bits per heavy atom. The minimum absolute atomic E-state index is 0.130. The van der Waals surface area contributed by atoms with Crippen LogP contribution in [-0.2, 0) is 0 Å². The molecule has 2 N–H and O–H groups in total. The molecule has 1 unspecified atom stereocenters. The van der Waals surface area contributed by atoms with Crippen LogP contribution in [0.2, 0.25) is 0 Å². The van der Waals surface area contributed by atoms with Crippen LogP contribution in [0.25, 0.3) is 0 Å². The van der Waals surface area contributed by atoms with Gasteiger partial charge in [-0.05, 0) is 19.8 Å². The minimum atomic E-state index is 0.130. The Bertz CT molecular complexity index is 103. The molecule has 0 aromatic rings. The van der Waals surface area contributed by atoms with E-state index in [-0.39, 0.29) is 6.04 Å². The fourth-order valence-corrected chi connectivity index (χ4v) is 0.515. The van der Waals surface area contributed by atoms with Crippen LogP contribution < -0.4 is 5.73 Å². The van der Waals surface area contributed by atoms with Crippen molar-refractivity contribution in [2.24, 2.45) is 5.73 Å². The molecule has 0 amide bonds. The van der Waals surface area contributed by atoms with Gasteiger partial charge in [0.25, 0.3) is 0 Å². The first-order valence-corrected chi connectivity index (χ1v) is 3.22. The summed E-state index contributed by atoms with van der Waals surface area (Å²) in [6.07, 6.45) is 3.84. The standard InChI is InChI=1S/C8H15N/c1-4-5-6-7(2)8(3)9/h4,8H,1-2,5-6,9H2,3H3. The SMILES string of the molecule is C=CCCC(=C)C(C)N. The molecular weight excluding hydrogens is 110 g/mol. The van der Waals surface area contributed by atoms with Gasteiger partial charge in [0.2, 0.25) is 0 Å². The Hall–Kier alpha value is -0.560. The van der Waals surface area contributed by atoms with Crippen LogP contribution in [-0.4, -0.2) is 6.04 Å². The maximum Gasteiger partial charge on any atom is 0.0222 e. The van der Waals surface area contributed by atoms with Gasteiger partial charge >= 0.3 is 0 Å². The minimum Gasteiger partial charge on any atom is -0.324 e. The Morgan fingerprint density at radius 3 is 2.67 bits per heavy atom. The van der Waals surface area contributed by atoms with Crippen LogP contribution in [0.15, 0.2) is 24.8 Å². The number of nitrogens with two attached hydrogens (primary N) is 1. The van der Waals surface area contributed by atoms with E-state index in [9.17, 15) is 0 Å². The Morgan fingerprint density at radius 1 is 1.78 bits per heavy atom. The third kappa shape index (κ3) is 3.98. The molecule has 0 aliphatic carbocycles. The van der Waals surface area contributed by atoms with Gasteiger partial charge in [-0.2, -0.15) is 0 Å². The van der Waals surface area contributed by atoms with E-state index in [1.165, 1.54) is 0 Å². The lowest BCUT2D eigenvalue weighted by Gasteiger charge is -2.06. The fourth-order valence-electron chi connectivity index (χ4n) is 0.515. The zero-order valence-corrected chi connectivity index (χ0v) is 6.06. The molecule has 9 heavy (non-hydrogen) atoms. The summed E-state index contributed by atoms with van der Waals surface area (Å²) in [6, 6.07) is 0.130. The number of rotatable bonds is 4. The van der Waals surface area contributed by atoms with Crippen molar-refractivity contribution in [2.75, 3.05) is 0 Å². The van der Waals surface area contributed by atoms with Gasteiger partial charge < -0.3 is 5.73 Å². The van der Waals surface area contributed by atoms with Crippen molar-refractivity contribution in [3.8, 4) is 0 Å². The quantitative estimate of drug-likeness (QED) is 0.570. The second kappa shape index (κ2) is 4.33. The predicted octanol–water partition coefficient (Wildman–Crippen LogP) is 1.86. The zero-order chi connectivity index (χ0) is 7.28. The maximum absolute atomic E-state index is 5.54. The van der Waals surface area contributed by atoms with Crippen LogP contribution in [0.5, 0.6) is 0 Å². The molecule has 52 valence electrons. The second-order valence-corrected chi connectivity index (χ2v) is 2.27. The van der Waals surface area contributed by atoms with E-state index in [0.29, 0.717) is 0 Å². The van der Waals surface area contributed by atoms with E-state index in [1.54, 1.807) is 0 Å². The summed E-state index contributed by atoms with van der Waals surface area (Å²) >= 11 is 0. The molecule has 0 aromatic carbocycles. The van der Waals surface area contributed by atoms with Gasteiger partial charge in [0, 0.05) is 6.04 Å². The maximum atomic E-state index is 5.54. The van der Waals surface area contributed by atoms with E-state index in [1.807, 2.05) is 13.0 Å². The van der Waals surface area contributed by atoms with Crippen molar-refractivity contribution in [1.29, 1.82) is 0 Å². The van der Waals surface area contributed by atoms with E-state index < -0.39 is 0 Å². The molecule has 0 aromatic heterocycles. The van der Waals surface area contributed by atoms with Crippen LogP contribution in [0.1, 0.15) is 19.8 Å². The second-order valence-electron chi connectivity index (χ2n) is 2.27. The zero-order valence-electron chi connectivity index (χ0n) is 6.06. The summed E-state index contributed by atoms with van der Waals surface area (Å²) in [6.45, 7) is 9.38. The smallest absolute Gasteiger partial charge is 0.0222 e. The van der Waals surface area contributed by atoms with E-state index in [2.05, 4.69) is 13.2 Å². The molecule has 0 aliphatic heterocycles. The largest absolute Gasteiger partial charge is 0.324 e. The van der Waals surface area contributed by atoms with Crippen molar-refractivity contribution < 1.29 is 0 Å². The predicted molar refractivity (Wildman–Crippen MR) is 42.2 cm³/mol. The average Bonchev–Trinajstić information content (AvgIpc) is 1.82. The lowest BCUT2D eigenvalue weighted by atomic mass is 10.1. The first-order chi connectivity index (χ1) is 4.18. The third-order valence-corrected chi connectivity index (χ3v) is 1.31. The molecular formula is C8H15N. The number of hydrogen-bond acceptors (Lipinski definition) is 1. The van der Waals surface area contributed by atoms with Crippen LogP contribution in [0.3, 0.4) is 0 Å². The van der Waals surface area contributed by atoms with Gasteiger partial charge in [0.1, 0.15) is 0 Å². The summed E-state index contributed by atoms with van der Waals surface area (Å²) in [7, 11) is 0. The Balaban J connectivity index is 3.38. The molecule has 0 spiro atoms. The van der Waals surface area contributed by atoms with Crippen LogP contribution in [0, 0.1) is 0 Å². The molecule has 0 saturated heterocycles. The van der Waals surface area contributed by atoms with E-state index >= 15 is 0 Å². The summed E-state index contributed by atoms with van der Waals surface area (Å²) < 4.78 is 0. The van der Waals surface area contributed by atoms with Crippen molar-refractivity contribution in [2.45, 2.75) is 25.8 Å². The Labute approximate surface area is 57.3 Å². The summed E-state index contributed by atoms with van der Waals surface area (Å²) in [5.41, 5.74) is 6.65. The Kier molecular flexibility index (Phi) is 4.06. The van der Waals surface area contributed by atoms with Gasteiger partial charge in [-0.1, -0.05) is 18.2 Å². The lowest BCUT2D eigenvalue weighted by Crippen LogP contribution is -2.16. The van der Waals surface area contributed by atoms with Crippen LogP contribution >= 0.6 is 0 Å². The van der Waals surface area contributed by atoms with Gasteiger partial charge in [0.05, 0.1) is 0 Å². The van der Waals surface area contributed by atoms with Gasteiger partial charge in [-0.3, -0.25) is 0 Å². The number of hydrogen-bond donors (Lipinski definition) is 1. The summed E-state index contributed by atoms with van der Waals surface area (Å²) in [5.74, 6) is 0. The molecule has 0 radical (unpaired) electrons. The van der Waals surface area contributed by atoms with Crippen molar-refractivity contribution >= 4 is 0 Å². The average molecular weight is 125 g/mol. The van der Waals surface area contributed by atoms with E-state index in [4.69, 9.17) is 5.73 Å². The molecule has 0 saturated carbocycles.